The van der Waals surface area contributed by atoms with Gasteiger partial charge in [-0.25, -0.2) is 4.98 Å². The predicted octanol–water partition coefficient (Wildman–Crippen LogP) is 3.45. The summed E-state index contributed by atoms with van der Waals surface area (Å²) in [5.74, 6) is 0.601. The van der Waals surface area contributed by atoms with Crippen molar-refractivity contribution in [1.29, 1.82) is 0 Å². The first kappa shape index (κ1) is 14.3. The number of nitrogens with zero attached hydrogens (tertiary/aromatic N) is 2. The average molecular weight is 313 g/mol. The third-order valence-electron chi connectivity index (χ3n) is 3.01. The fourth-order valence-corrected chi connectivity index (χ4v) is 2.71. The Morgan fingerprint density at radius 3 is 3.00 bits per heavy atom. The molecule has 0 atom stereocenters. The highest BCUT2D eigenvalue weighted by atomic mass is 32.1. The van der Waals surface area contributed by atoms with Gasteiger partial charge in [0.2, 0.25) is 5.91 Å². The van der Waals surface area contributed by atoms with Crippen molar-refractivity contribution in [3.8, 4) is 5.75 Å². The van der Waals surface area contributed by atoms with Gasteiger partial charge >= 0.3 is 0 Å². The summed E-state index contributed by atoms with van der Waals surface area (Å²) >= 11 is 1.56. The van der Waals surface area contributed by atoms with Crippen molar-refractivity contribution in [2.45, 2.75) is 6.92 Å². The van der Waals surface area contributed by atoms with Crippen LogP contribution in [0.1, 0.15) is 12.6 Å². The predicted molar refractivity (Wildman–Crippen MR) is 88.3 cm³/mol. The molecule has 1 N–H and O–H groups in total. The van der Waals surface area contributed by atoms with E-state index in [1.165, 1.54) is 6.08 Å². The third-order valence-corrected chi connectivity index (χ3v) is 3.78. The summed E-state index contributed by atoms with van der Waals surface area (Å²) in [6, 6.07) is 7.28. The molecule has 1 amide bonds. The molecule has 0 fully saturated rings. The zero-order valence-corrected chi connectivity index (χ0v) is 12.8. The van der Waals surface area contributed by atoms with E-state index in [2.05, 4.69) is 10.3 Å². The molecule has 0 spiro atoms. The van der Waals surface area contributed by atoms with Crippen LogP contribution >= 0.6 is 11.3 Å². The van der Waals surface area contributed by atoms with E-state index in [1.807, 2.05) is 47.2 Å². The molecule has 0 aliphatic heterocycles. The molecule has 1 aromatic carbocycles. The second-order valence-electron chi connectivity index (χ2n) is 4.52. The number of hydrogen-bond acceptors (Lipinski definition) is 4. The Balaban J connectivity index is 1.64. The second kappa shape index (κ2) is 6.44. The van der Waals surface area contributed by atoms with Crippen LogP contribution < -0.4 is 10.1 Å². The minimum Gasteiger partial charge on any atom is -0.494 e. The Hall–Kier alpha value is -2.60. The summed E-state index contributed by atoms with van der Waals surface area (Å²) in [6.45, 7) is 2.55. The molecule has 0 bridgehead atoms. The van der Waals surface area contributed by atoms with E-state index < -0.39 is 0 Å². The maximum atomic E-state index is 11.9. The Bertz CT molecular complexity index is 802. The van der Waals surface area contributed by atoms with Crippen molar-refractivity contribution < 1.29 is 9.53 Å². The van der Waals surface area contributed by atoms with Crippen LogP contribution in [0, 0.1) is 0 Å². The van der Waals surface area contributed by atoms with Crippen LogP contribution in [0.25, 0.3) is 11.0 Å². The molecular formula is C16H15N3O2S. The summed E-state index contributed by atoms with van der Waals surface area (Å²) in [4.78, 5) is 17.1. The normalized spacial score (nSPS) is 11.1. The molecule has 0 aliphatic carbocycles. The monoisotopic (exact) mass is 313 g/mol. The van der Waals surface area contributed by atoms with E-state index in [1.54, 1.807) is 23.6 Å². The van der Waals surface area contributed by atoms with Crippen molar-refractivity contribution in [2.24, 2.45) is 0 Å². The Kier molecular flexibility index (Phi) is 4.20. The van der Waals surface area contributed by atoms with Gasteiger partial charge in [-0.3, -0.25) is 9.20 Å². The lowest BCUT2D eigenvalue weighted by atomic mass is 10.3. The fraction of sp³-hybridized carbons (Fsp3) is 0.125. The van der Waals surface area contributed by atoms with Gasteiger partial charge in [-0.1, -0.05) is 0 Å². The number of rotatable bonds is 5. The first-order valence-electron chi connectivity index (χ1n) is 6.89. The van der Waals surface area contributed by atoms with Crippen LogP contribution in [0.2, 0.25) is 0 Å². The Labute approximate surface area is 131 Å². The molecule has 2 heterocycles. The number of ether oxygens (including phenoxy) is 1. The van der Waals surface area contributed by atoms with Crippen molar-refractivity contribution in [2.75, 3.05) is 11.9 Å². The quantitative estimate of drug-likeness (QED) is 0.734. The first-order chi connectivity index (χ1) is 10.8. The zero-order valence-electron chi connectivity index (χ0n) is 12.0. The maximum Gasteiger partial charge on any atom is 0.248 e. The number of amides is 1. The molecule has 22 heavy (non-hydrogen) atoms. The second-order valence-corrected chi connectivity index (χ2v) is 5.39. The zero-order chi connectivity index (χ0) is 15.4. The smallest absolute Gasteiger partial charge is 0.248 e. The van der Waals surface area contributed by atoms with Gasteiger partial charge in [0.25, 0.3) is 0 Å². The number of hydrogen-bond donors (Lipinski definition) is 1. The van der Waals surface area contributed by atoms with Gasteiger partial charge in [0.1, 0.15) is 5.75 Å². The van der Waals surface area contributed by atoms with E-state index in [0.29, 0.717) is 6.61 Å². The lowest BCUT2D eigenvalue weighted by Gasteiger charge is -2.05. The largest absolute Gasteiger partial charge is 0.494 e. The number of thiazole rings is 1. The summed E-state index contributed by atoms with van der Waals surface area (Å²) < 4.78 is 7.30. The topological polar surface area (TPSA) is 55.6 Å². The van der Waals surface area contributed by atoms with Crippen LogP contribution in [-0.4, -0.2) is 21.9 Å². The molecule has 0 aliphatic rings. The van der Waals surface area contributed by atoms with Gasteiger partial charge in [-0.2, -0.15) is 0 Å². The summed E-state index contributed by atoms with van der Waals surface area (Å²) in [5, 5.41) is 4.77. The van der Waals surface area contributed by atoms with Crippen LogP contribution in [0.15, 0.2) is 48.1 Å². The minimum absolute atomic E-state index is 0.186. The lowest BCUT2D eigenvalue weighted by molar-refractivity contribution is -0.111. The molecule has 112 valence electrons. The highest BCUT2D eigenvalue weighted by Gasteiger charge is 2.02. The van der Waals surface area contributed by atoms with E-state index in [9.17, 15) is 4.79 Å². The van der Waals surface area contributed by atoms with Gasteiger partial charge in [0.15, 0.2) is 4.96 Å². The Morgan fingerprint density at radius 1 is 1.41 bits per heavy atom. The number of anilines is 1. The highest BCUT2D eigenvalue weighted by molar-refractivity contribution is 7.15. The van der Waals surface area contributed by atoms with Crippen LogP contribution in [0.3, 0.4) is 0 Å². The molecule has 0 saturated carbocycles. The molecule has 0 radical (unpaired) electrons. The van der Waals surface area contributed by atoms with Crippen molar-refractivity contribution >= 4 is 34.0 Å². The molecule has 3 aromatic rings. The van der Waals surface area contributed by atoms with E-state index in [-0.39, 0.29) is 5.91 Å². The SMILES string of the molecule is CCOc1ccc(NC(=O)/C=C/c2cnc3sccn23)cc1. The average Bonchev–Trinajstić information content (AvgIpc) is 3.11. The lowest BCUT2D eigenvalue weighted by Crippen LogP contribution is -2.07. The molecule has 0 unspecified atom stereocenters. The summed E-state index contributed by atoms with van der Waals surface area (Å²) in [7, 11) is 0. The number of carbonyl (C=O) groups excluding carboxylic acids is 1. The number of benzene rings is 1. The van der Waals surface area contributed by atoms with E-state index in [4.69, 9.17) is 4.74 Å². The van der Waals surface area contributed by atoms with Crippen LogP contribution in [0.4, 0.5) is 5.69 Å². The standard InChI is InChI=1S/C16H15N3O2S/c1-2-21-14-6-3-12(4-7-14)18-15(20)8-5-13-11-17-16-19(13)9-10-22-16/h3-11H,2H2,1H3,(H,18,20)/b8-5+. The summed E-state index contributed by atoms with van der Waals surface area (Å²) in [5.41, 5.74) is 1.60. The highest BCUT2D eigenvalue weighted by Crippen LogP contribution is 2.16. The number of nitrogens with one attached hydrogen (secondary N) is 1. The van der Waals surface area contributed by atoms with Gasteiger partial charge < -0.3 is 10.1 Å². The molecule has 5 nitrogen and oxygen atoms in total. The van der Waals surface area contributed by atoms with E-state index >= 15 is 0 Å². The molecule has 2 aromatic heterocycles. The minimum atomic E-state index is -0.186. The van der Waals surface area contributed by atoms with Crippen molar-refractivity contribution in [3.05, 3.63) is 53.8 Å². The maximum absolute atomic E-state index is 11.9. The van der Waals surface area contributed by atoms with Gasteiger partial charge in [-0.15, -0.1) is 11.3 Å². The molecule has 6 heteroatoms. The number of carbonyl (C=O) groups is 1. The van der Waals surface area contributed by atoms with Gasteiger partial charge in [-0.05, 0) is 37.3 Å². The van der Waals surface area contributed by atoms with Crippen LogP contribution in [-0.2, 0) is 4.79 Å². The molecule has 0 saturated heterocycles. The molecule has 3 rings (SSSR count). The number of aromatic nitrogens is 2. The fourth-order valence-electron chi connectivity index (χ4n) is 2.01. The molecular weight excluding hydrogens is 298 g/mol. The van der Waals surface area contributed by atoms with Gasteiger partial charge in [0, 0.05) is 23.3 Å². The first-order valence-corrected chi connectivity index (χ1v) is 7.76. The van der Waals surface area contributed by atoms with Crippen molar-refractivity contribution in [1.82, 2.24) is 9.38 Å². The number of fused-ring (bicyclic) bond motifs is 1. The summed E-state index contributed by atoms with van der Waals surface area (Å²) in [6.07, 6.45) is 6.91. The van der Waals surface area contributed by atoms with E-state index in [0.717, 1.165) is 22.1 Å². The Morgan fingerprint density at radius 2 is 2.23 bits per heavy atom. The van der Waals surface area contributed by atoms with Crippen molar-refractivity contribution in [3.63, 3.8) is 0 Å². The van der Waals surface area contributed by atoms with Crippen LogP contribution in [0.5, 0.6) is 5.75 Å². The third kappa shape index (κ3) is 3.17. The number of imidazole rings is 1. The van der Waals surface area contributed by atoms with Gasteiger partial charge in [0.05, 0.1) is 18.5 Å².